The SMILES string of the molecule is NCCc1noc(C2CN(C(=O)C3CC3)C2)n1. The van der Waals surface area contributed by atoms with Crippen LogP contribution in [-0.4, -0.2) is 40.6 Å². The highest BCUT2D eigenvalue weighted by molar-refractivity contribution is 5.81. The van der Waals surface area contributed by atoms with Crippen molar-refractivity contribution in [2.24, 2.45) is 11.7 Å². The Hall–Kier alpha value is -1.43. The summed E-state index contributed by atoms with van der Waals surface area (Å²) in [6, 6.07) is 0. The van der Waals surface area contributed by atoms with Crippen molar-refractivity contribution in [2.45, 2.75) is 25.2 Å². The van der Waals surface area contributed by atoms with Crippen LogP contribution in [0.1, 0.15) is 30.5 Å². The zero-order valence-corrected chi connectivity index (χ0v) is 9.63. The predicted octanol–water partition coefficient (Wildman–Crippen LogP) is -0.0934. The standard InChI is InChI=1S/C11H16N4O2/c12-4-3-9-13-10(17-14-9)8-5-15(6-8)11(16)7-1-2-7/h7-8H,1-6,12H2. The Kier molecular flexibility index (Phi) is 2.58. The minimum Gasteiger partial charge on any atom is -0.341 e. The molecule has 2 heterocycles. The second-order valence-corrected chi connectivity index (χ2v) is 4.80. The van der Waals surface area contributed by atoms with Crippen LogP contribution in [0.2, 0.25) is 0 Å². The molecule has 1 aliphatic heterocycles. The summed E-state index contributed by atoms with van der Waals surface area (Å²) in [5.74, 6) is 2.12. The van der Waals surface area contributed by atoms with Gasteiger partial charge in [-0.25, -0.2) is 0 Å². The largest absolute Gasteiger partial charge is 0.341 e. The van der Waals surface area contributed by atoms with Crippen molar-refractivity contribution in [3.63, 3.8) is 0 Å². The van der Waals surface area contributed by atoms with Crippen molar-refractivity contribution < 1.29 is 9.32 Å². The molecule has 1 aliphatic carbocycles. The first-order chi connectivity index (χ1) is 8.28. The van der Waals surface area contributed by atoms with Gasteiger partial charge in [-0.15, -0.1) is 0 Å². The molecule has 92 valence electrons. The van der Waals surface area contributed by atoms with Gasteiger partial charge in [-0.1, -0.05) is 5.16 Å². The number of aromatic nitrogens is 2. The van der Waals surface area contributed by atoms with Crippen molar-refractivity contribution in [2.75, 3.05) is 19.6 Å². The van der Waals surface area contributed by atoms with Gasteiger partial charge in [-0.2, -0.15) is 4.98 Å². The van der Waals surface area contributed by atoms with Crippen LogP contribution in [0, 0.1) is 5.92 Å². The number of rotatable bonds is 4. The molecule has 0 unspecified atom stereocenters. The van der Waals surface area contributed by atoms with Crippen molar-refractivity contribution in [1.82, 2.24) is 15.0 Å². The topological polar surface area (TPSA) is 85.2 Å². The number of carbonyl (C=O) groups excluding carboxylic acids is 1. The van der Waals surface area contributed by atoms with Crippen LogP contribution in [0.4, 0.5) is 0 Å². The van der Waals surface area contributed by atoms with Crippen molar-refractivity contribution in [3.05, 3.63) is 11.7 Å². The minimum atomic E-state index is 0.219. The summed E-state index contributed by atoms with van der Waals surface area (Å²) < 4.78 is 5.17. The van der Waals surface area contributed by atoms with Crippen LogP contribution < -0.4 is 5.73 Å². The van der Waals surface area contributed by atoms with E-state index in [0.29, 0.717) is 36.5 Å². The van der Waals surface area contributed by atoms with E-state index in [0.717, 1.165) is 25.9 Å². The molecule has 1 aromatic heterocycles. The van der Waals surface area contributed by atoms with E-state index in [2.05, 4.69) is 10.1 Å². The van der Waals surface area contributed by atoms with Crippen LogP contribution in [0.5, 0.6) is 0 Å². The maximum Gasteiger partial charge on any atom is 0.233 e. The predicted molar refractivity (Wildman–Crippen MR) is 59.1 cm³/mol. The molecular formula is C11H16N4O2. The lowest BCUT2D eigenvalue weighted by atomic mass is 9.99. The molecule has 6 heteroatoms. The lowest BCUT2D eigenvalue weighted by Crippen LogP contribution is -2.49. The first kappa shape index (κ1) is 10.7. The molecular weight excluding hydrogens is 220 g/mol. The van der Waals surface area contributed by atoms with Crippen LogP contribution in [0.3, 0.4) is 0 Å². The maximum atomic E-state index is 11.7. The van der Waals surface area contributed by atoms with Gasteiger partial charge in [0.25, 0.3) is 0 Å². The third-order valence-electron chi connectivity index (χ3n) is 3.32. The Morgan fingerprint density at radius 1 is 1.47 bits per heavy atom. The molecule has 2 aliphatic rings. The molecule has 0 spiro atoms. The summed E-state index contributed by atoms with van der Waals surface area (Å²) in [7, 11) is 0. The summed E-state index contributed by atoms with van der Waals surface area (Å²) in [6.07, 6.45) is 2.75. The van der Waals surface area contributed by atoms with Gasteiger partial charge in [0.2, 0.25) is 11.8 Å². The fourth-order valence-electron chi connectivity index (χ4n) is 2.07. The lowest BCUT2D eigenvalue weighted by Gasteiger charge is -2.37. The Morgan fingerprint density at radius 3 is 2.88 bits per heavy atom. The number of nitrogens with zero attached hydrogens (tertiary/aromatic N) is 3. The van der Waals surface area contributed by atoms with E-state index in [1.807, 2.05) is 4.90 Å². The van der Waals surface area contributed by atoms with Crippen LogP contribution in [0.15, 0.2) is 4.52 Å². The molecule has 1 saturated carbocycles. The third-order valence-corrected chi connectivity index (χ3v) is 3.32. The summed E-state index contributed by atoms with van der Waals surface area (Å²) in [5.41, 5.74) is 5.42. The number of nitrogens with two attached hydrogens (primary N) is 1. The fourth-order valence-corrected chi connectivity index (χ4v) is 2.07. The maximum absolute atomic E-state index is 11.7. The third kappa shape index (κ3) is 2.04. The number of hydrogen-bond acceptors (Lipinski definition) is 5. The molecule has 2 N–H and O–H groups in total. The quantitative estimate of drug-likeness (QED) is 0.789. The van der Waals surface area contributed by atoms with E-state index in [-0.39, 0.29) is 5.92 Å². The zero-order chi connectivity index (χ0) is 11.8. The van der Waals surface area contributed by atoms with Gasteiger partial charge in [-0.3, -0.25) is 4.79 Å². The van der Waals surface area contributed by atoms with Gasteiger partial charge < -0.3 is 15.2 Å². The van der Waals surface area contributed by atoms with Crippen LogP contribution in [0.25, 0.3) is 0 Å². The molecule has 17 heavy (non-hydrogen) atoms. The highest BCUT2D eigenvalue weighted by Crippen LogP contribution is 2.35. The summed E-state index contributed by atoms with van der Waals surface area (Å²) in [4.78, 5) is 17.9. The van der Waals surface area contributed by atoms with E-state index in [4.69, 9.17) is 10.3 Å². The lowest BCUT2D eigenvalue weighted by molar-refractivity contribution is -0.137. The van der Waals surface area contributed by atoms with Crippen LogP contribution in [-0.2, 0) is 11.2 Å². The molecule has 1 aromatic rings. The van der Waals surface area contributed by atoms with E-state index >= 15 is 0 Å². The fraction of sp³-hybridized carbons (Fsp3) is 0.727. The highest BCUT2D eigenvalue weighted by Gasteiger charge is 2.41. The number of hydrogen-bond donors (Lipinski definition) is 1. The molecule has 3 rings (SSSR count). The van der Waals surface area contributed by atoms with Gasteiger partial charge in [0.05, 0.1) is 5.92 Å². The van der Waals surface area contributed by atoms with Gasteiger partial charge in [-0.05, 0) is 19.4 Å². The number of amides is 1. The van der Waals surface area contributed by atoms with Gasteiger partial charge in [0, 0.05) is 25.4 Å². The Morgan fingerprint density at radius 2 is 2.24 bits per heavy atom. The van der Waals surface area contributed by atoms with E-state index in [1.54, 1.807) is 0 Å². The number of likely N-dealkylation sites (tertiary alicyclic amines) is 1. The van der Waals surface area contributed by atoms with E-state index < -0.39 is 0 Å². The summed E-state index contributed by atoms with van der Waals surface area (Å²) in [6.45, 7) is 1.97. The minimum absolute atomic E-state index is 0.219. The molecule has 0 radical (unpaired) electrons. The van der Waals surface area contributed by atoms with E-state index in [9.17, 15) is 4.79 Å². The van der Waals surface area contributed by atoms with Gasteiger partial charge >= 0.3 is 0 Å². The van der Waals surface area contributed by atoms with Crippen molar-refractivity contribution >= 4 is 5.91 Å². The van der Waals surface area contributed by atoms with Gasteiger partial charge in [0.1, 0.15) is 0 Å². The number of carbonyl (C=O) groups is 1. The first-order valence-electron chi connectivity index (χ1n) is 6.09. The monoisotopic (exact) mass is 236 g/mol. The second-order valence-electron chi connectivity index (χ2n) is 4.80. The zero-order valence-electron chi connectivity index (χ0n) is 9.63. The average molecular weight is 236 g/mol. The Labute approximate surface area is 99.2 Å². The molecule has 1 amide bonds. The molecule has 1 saturated heterocycles. The molecule has 2 fully saturated rings. The van der Waals surface area contributed by atoms with Crippen molar-refractivity contribution in [3.8, 4) is 0 Å². The molecule has 6 nitrogen and oxygen atoms in total. The average Bonchev–Trinajstić information content (AvgIpc) is 3.00. The molecule has 0 bridgehead atoms. The van der Waals surface area contributed by atoms with Crippen molar-refractivity contribution in [1.29, 1.82) is 0 Å². The Balaban J connectivity index is 1.55. The van der Waals surface area contributed by atoms with E-state index in [1.165, 1.54) is 0 Å². The molecule has 0 aromatic carbocycles. The second kappa shape index (κ2) is 4.10. The Bertz CT molecular complexity index is 421. The normalized spacial score (nSPS) is 20.4. The first-order valence-corrected chi connectivity index (χ1v) is 6.09. The highest BCUT2D eigenvalue weighted by atomic mass is 16.5. The van der Waals surface area contributed by atoms with Gasteiger partial charge in [0.15, 0.2) is 5.82 Å². The smallest absolute Gasteiger partial charge is 0.233 e. The molecule has 0 atom stereocenters. The summed E-state index contributed by atoms with van der Waals surface area (Å²) in [5, 5.41) is 3.86. The van der Waals surface area contributed by atoms with Crippen LogP contribution >= 0.6 is 0 Å². The summed E-state index contributed by atoms with van der Waals surface area (Å²) >= 11 is 0.